The Hall–Kier alpha value is -3.50. The van der Waals surface area contributed by atoms with Crippen LogP contribution in [-0.2, 0) is 9.59 Å². The molecule has 10 heteroatoms. The maximum absolute atomic E-state index is 13.6. The highest BCUT2D eigenvalue weighted by molar-refractivity contribution is 7.22. The fourth-order valence-corrected chi connectivity index (χ4v) is 4.74. The van der Waals surface area contributed by atoms with Crippen LogP contribution in [-0.4, -0.2) is 69.0 Å². The molecule has 0 radical (unpaired) electrons. The van der Waals surface area contributed by atoms with E-state index in [0.29, 0.717) is 46.5 Å². The molecule has 4 rings (SSSR count). The van der Waals surface area contributed by atoms with Crippen LogP contribution in [0.2, 0.25) is 0 Å². The zero-order chi connectivity index (χ0) is 24.4. The zero-order valence-corrected chi connectivity index (χ0v) is 20.3. The second-order valence-corrected chi connectivity index (χ2v) is 9.11. The van der Waals surface area contributed by atoms with Crippen LogP contribution < -0.4 is 19.3 Å². The van der Waals surface area contributed by atoms with Crippen molar-refractivity contribution in [2.75, 3.05) is 51.2 Å². The number of anilines is 2. The zero-order valence-electron chi connectivity index (χ0n) is 19.5. The molecular weight excluding hydrogens is 456 g/mol. The third-order valence-corrected chi connectivity index (χ3v) is 6.57. The topological polar surface area (TPSA) is 92.3 Å². The van der Waals surface area contributed by atoms with E-state index in [1.165, 1.54) is 11.3 Å². The summed E-state index contributed by atoms with van der Waals surface area (Å²) in [5.41, 5.74) is 1.48. The largest absolute Gasteiger partial charge is 0.493 e. The van der Waals surface area contributed by atoms with E-state index in [1.54, 1.807) is 49.5 Å². The van der Waals surface area contributed by atoms with E-state index in [9.17, 15) is 14.4 Å². The van der Waals surface area contributed by atoms with Gasteiger partial charge in [-0.3, -0.25) is 24.2 Å². The monoisotopic (exact) mass is 482 g/mol. The fraction of sp³-hybridized carbons (Fsp3) is 0.333. The molecule has 1 aromatic heterocycles. The van der Waals surface area contributed by atoms with Gasteiger partial charge in [0.05, 0.1) is 30.1 Å². The highest BCUT2D eigenvalue weighted by atomic mass is 32.1. The number of likely N-dealkylation sites (N-methyl/N-ethyl adjacent to an activating group) is 1. The smallest absolute Gasteiger partial charge is 0.260 e. The molecule has 1 aliphatic heterocycles. The van der Waals surface area contributed by atoms with Crippen LogP contribution in [0.15, 0.2) is 36.4 Å². The van der Waals surface area contributed by atoms with E-state index in [4.69, 9.17) is 14.5 Å². The number of aromatic nitrogens is 1. The Bertz CT molecular complexity index is 1200. The van der Waals surface area contributed by atoms with Gasteiger partial charge in [0.15, 0.2) is 16.6 Å². The molecule has 178 valence electrons. The normalized spacial score (nSPS) is 13.7. The van der Waals surface area contributed by atoms with Crippen LogP contribution in [0.25, 0.3) is 10.2 Å². The summed E-state index contributed by atoms with van der Waals surface area (Å²) in [4.78, 5) is 47.5. The van der Waals surface area contributed by atoms with Gasteiger partial charge < -0.3 is 14.4 Å². The number of hydrogen-bond donors (Lipinski definition) is 0. The van der Waals surface area contributed by atoms with Crippen molar-refractivity contribution in [2.24, 2.45) is 0 Å². The summed E-state index contributed by atoms with van der Waals surface area (Å²) in [6, 6.07) is 10.2. The van der Waals surface area contributed by atoms with Crippen molar-refractivity contribution in [3.8, 4) is 11.5 Å². The lowest BCUT2D eigenvalue weighted by Gasteiger charge is -2.22. The maximum Gasteiger partial charge on any atom is 0.260 e. The minimum Gasteiger partial charge on any atom is -0.493 e. The molecule has 0 unspecified atom stereocenters. The standard InChI is InChI=1S/C24H26N4O5S/c1-26(2)10-11-27(24-25-17-13-18(32-3)19(33-4)14-20(17)34-24)23(31)15-6-5-7-16(12-15)28-21(29)8-9-22(28)30/h5-7,12-14H,8-11H2,1-4H3. The molecule has 0 N–H and O–H groups in total. The van der Waals surface area contributed by atoms with Crippen LogP contribution in [0, 0.1) is 0 Å². The van der Waals surface area contributed by atoms with Crippen molar-refractivity contribution >= 4 is 50.1 Å². The molecule has 1 aliphatic rings. The predicted molar refractivity (Wildman–Crippen MR) is 131 cm³/mol. The van der Waals surface area contributed by atoms with Crippen molar-refractivity contribution in [2.45, 2.75) is 12.8 Å². The van der Waals surface area contributed by atoms with Crippen molar-refractivity contribution in [3.05, 3.63) is 42.0 Å². The van der Waals surface area contributed by atoms with Gasteiger partial charge in [-0.05, 0) is 32.3 Å². The van der Waals surface area contributed by atoms with Crippen LogP contribution in [0.3, 0.4) is 0 Å². The lowest BCUT2D eigenvalue weighted by Crippen LogP contribution is -2.37. The Balaban J connectivity index is 1.72. The summed E-state index contributed by atoms with van der Waals surface area (Å²) in [6.45, 7) is 1.03. The van der Waals surface area contributed by atoms with E-state index in [1.807, 2.05) is 25.1 Å². The molecule has 0 spiro atoms. The van der Waals surface area contributed by atoms with E-state index in [2.05, 4.69) is 0 Å². The Kier molecular flexibility index (Phi) is 6.80. The number of imide groups is 1. The third kappa shape index (κ3) is 4.59. The molecule has 3 amide bonds. The molecule has 0 atom stereocenters. The number of rotatable bonds is 8. The van der Waals surface area contributed by atoms with Gasteiger partial charge in [-0.2, -0.15) is 0 Å². The molecule has 1 saturated heterocycles. The molecule has 0 bridgehead atoms. The molecule has 2 aromatic carbocycles. The first kappa shape index (κ1) is 23.7. The summed E-state index contributed by atoms with van der Waals surface area (Å²) >= 11 is 1.38. The molecule has 3 aromatic rings. The quantitative estimate of drug-likeness (QED) is 0.455. The van der Waals surface area contributed by atoms with E-state index in [0.717, 1.165) is 9.60 Å². The number of fused-ring (bicyclic) bond motifs is 1. The third-order valence-electron chi connectivity index (χ3n) is 5.53. The first-order valence-corrected chi connectivity index (χ1v) is 11.6. The van der Waals surface area contributed by atoms with Gasteiger partial charge in [0.2, 0.25) is 11.8 Å². The number of carbonyl (C=O) groups is 3. The van der Waals surface area contributed by atoms with Crippen molar-refractivity contribution in [3.63, 3.8) is 0 Å². The number of carbonyl (C=O) groups excluding carboxylic acids is 3. The minimum atomic E-state index is -0.263. The average Bonchev–Trinajstić information content (AvgIpc) is 3.39. The van der Waals surface area contributed by atoms with Crippen molar-refractivity contribution < 1.29 is 23.9 Å². The van der Waals surface area contributed by atoms with Crippen molar-refractivity contribution in [1.82, 2.24) is 9.88 Å². The molecular formula is C24H26N4O5S. The second-order valence-electron chi connectivity index (χ2n) is 8.10. The van der Waals surface area contributed by atoms with Gasteiger partial charge in [-0.25, -0.2) is 4.98 Å². The van der Waals surface area contributed by atoms with Gasteiger partial charge >= 0.3 is 0 Å². The van der Waals surface area contributed by atoms with Crippen LogP contribution in [0.5, 0.6) is 11.5 Å². The molecule has 34 heavy (non-hydrogen) atoms. The summed E-state index contributed by atoms with van der Waals surface area (Å²) in [6.07, 6.45) is 0.370. The van der Waals surface area contributed by atoms with E-state index < -0.39 is 0 Å². The number of benzene rings is 2. The highest BCUT2D eigenvalue weighted by Crippen LogP contribution is 2.37. The minimum absolute atomic E-state index is 0.185. The molecule has 0 aliphatic carbocycles. The van der Waals surface area contributed by atoms with Crippen molar-refractivity contribution in [1.29, 1.82) is 0 Å². The second kappa shape index (κ2) is 9.78. The van der Waals surface area contributed by atoms with Crippen LogP contribution >= 0.6 is 11.3 Å². The summed E-state index contributed by atoms with van der Waals surface area (Å²) in [5, 5.41) is 0.538. The molecule has 2 heterocycles. The van der Waals surface area contributed by atoms with Gasteiger partial charge in [-0.15, -0.1) is 0 Å². The van der Waals surface area contributed by atoms with Crippen LogP contribution in [0.1, 0.15) is 23.2 Å². The number of ether oxygens (including phenoxy) is 2. The van der Waals surface area contributed by atoms with E-state index >= 15 is 0 Å². The van der Waals surface area contributed by atoms with Gasteiger partial charge in [-0.1, -0.05) is 17.4 Å². The predicted octanol–water partition coefficient (Wildman–Crippen LogP) is 3.18. The van der Waals surface area contributed by atoms with Crippen LogP contribution in [0.4, 0.5) is 10.8 Å². The maximum atomic E-state index is 13.6. The molecule has 1 fully saturated rings. The number of hydrogen-bond acceptors (Lipinski definition) is 8. The Morgan fingerprint density at radius 2 is 1.71 bits per heavy atom. The van der Waals surface area contributed by atoms with Gasteiger partial charge in [0.1, 0.15) is 0 Å². The number of amides is 3. The SMILES string of the molecule is COc1cc2nc(N(CCN(C)C)C(=O)c3cccc(N4C(=O)CCC4=O)c3)sc2cc1OC. The number of nitrogens with zero attached hydrogens (tertiary/aromatic N) is 4. The Morgan fingerprint density at radius 1 is 1.03 bits per heavy atom. The number of thiazole rings is 1. The lowest BCUT2D eigenvalue weighted by atomic mass is 10.1. The lowest BCUT2D eigenvalue weighted by molar-refractivity contribution is -0.121. The van der Waals surface area contributed by atoms with E-state index in [-0.39, 0.29) is 30.6 Å². The van der Waals surface area contributed by atoms with Gasteiger partial charge in [0.25, 0.3) is 5.91 Å². The summed E-state index contributed by atoms with van der Waals surface area (Å²) in [7, 11) is 7.00. The average molecular weight is 483 g/mol. The fourth-order valence-electron chi connectivity index (χ4n) is 3.74. The Morgan fingerprint density at radius 3 is 2.35 bits per heavy atom. The molecule has 9 nitrogen and oxygen atoms in total. The van der Waals surface area contributed by atoms with Gasteiger partial charge in [0, 0.05) is 43.6 Å². The number of methoxy groups -OCH3 is 2. The summed E-state index contributed by atoms with van der Waals surface area (Å²) in [5.74, 6) is 0.372. The highest BCUT2D eigenvalue weighted by Gasteiger charge is 2.31. The Labute approximate surface area is 201 Å². The summed E-state index contributed by atoms with van der Waals surface area (Å²) < 4.78 is 11.6. The molecule has 0 saturated carbocycles. The first-order valence-electron chi connectivity index (χ1n) is 10.8. The first-order chi connectivity index (χ1) is 16.3.